The average Bonchev–Trinajstić information content (AvgIpc) is 1.71. The molecule has 9 aromatic rings. The maximum absolute atomic E-state index is 10.0. The number of nitrogens with two attached hydrogens (primary N) is 8. The van der Waals surface area contributed by atoms with Crippen LogP contribution in [0.15, 0.2) is 106 Å². The van der Waals surface area contributed by atoms with Gasteiger partial charge in [0.25, 0.3) is 5.89 Å². The Labute approximate surface area is 705 Å². The third-order valence-electron chi connectivity index (χ3n) is 24.9. The molecule has 19 N–H and O–H groups in total. The largest absolute Gasteiger partial charge is 0.422 e. The lowest BCUT2D eigenvalue weighted by atomic mass is 9.73. The van der Waals surface area contributed by atoms with E-state index in [0.29, 0.717) is 131 Å². The second-order valence-corrected chi connectivity index (χ2v) is 35.6. The van der Waals surface area contributed by atoms with Gasteiger partial charge < -0.3 is 85.2 Å². The molecule has 4 atom stereocenters. The summed E-state index contributed by atoms with van der Waals surface area (Å²) in [6.45, 7) is 12.8. The molecule has 24 nitrogen and oxygen atoms in total. The minimum atomic E-state index is -0.206. The van der Waals surface area contributed by atoms with Gasteiger partial charge >= 0.3 is 0 Å². The third-order valence-corrected chi connectivity index (χ3v) is 28.9. The first-order chi connectivity index (χ1) is 54.6. The Kier molecular flexibility index (Phi) is 26.8. The van der Waals surface area contributed by atoms with Gasteiger partial charge in [0, 0.05) is 104 Å². The first-order valence-corrected chi connectivity index (χ1v) is 42.4. The van der Waals surface area contributed by atoms with Gasteiger partial charge in [0.2, 0.25) is 6.39 Å². The van der Waals surface area contributed by atoms with E-state index in [1.165, 1.54) is 56.7 Å². The molecule has 3 spiro atoms. The van der Waals surface area contributed by atoms with Gasteiger partial charge in [0.15, 0.2) is 17.3 Å². The number of rotatable bonds is 13. The van der Waals surface area contributed by atoms with Crippen LogP contribution in [0.2, 0.25) is 35.2 Å². The highest BCUT2D eigenvalue weighted by Crippen LogP contribution is 2.52. The van der Waals surface area contributed by atoms with Gasteiger partial charge in [-0.05, 0) is 174 Å². The zero-order chi connectivity index (χ0) is 81.1. The molecule has 114 heavy (non-hydrogen) atoms. The SMILES string of the molecule is CC1(N)CCN(c2c(N)cc(-c3cccc(Cl)c3Cl)nc2CO)CC1.C[C@@H]1CCC2(CCN(c3nc(N)c(Sc4ccnc(N)c4Cl)nc3-c3nnco3)CC2)[C@@H]1N.Cc1cc(-c2cccc(Cl)c2Cl)nc(CO)c1N1CCC2(CCC[C@H]2N)CC1.Nc1cc(-c2cccc(Cl)c2Cl)nc(CO)c1N1CCC2(CCC[C@H]2N)CC1. The molecular formula is C82H101Cl7N20O4S. The molecule has 0 amide bonds. The molecule has 3 aliphatic carbocycles. The minimum Gasteiger partial charge on any atom is -0.422 e. The quantitative estimate of drug-likeness (QED) is 0.0511. The van der Waals surface area contributed by atoms with Crippen LogP contribution in [0.5, 0.6) is 0 Å². The van der Waals surface area contributed by atoms with Crippen molar-refractivity contribution in [3.8, 4) is 45.4 Å². The highest BCUT2D eigenvalue weighted by Gasteiger charge is 2.48. The van der Waals surface area contributed by atoms with E-state index in [2.05, 4.69) is 65.5 Å². The first kappa shape index (κ1) is 84.9. The summed E-state index contributed by atoms with van der Waals surface area (Å²) >= 11 is 45.0. The summed E-state index contributed by atoms with van der Waals surface area (Å²) in [5.74, 6) is 2.01. The highest BCUT2D eigenvalue weighted by atomic mass is 35.5. The third kappa shape index (κ3) is 17.9. The van der Waals surface area contributed by atoms with E-state index in [1.54, 1.807) is 42.6 Å². The van der Waals surface area contributed by atoms with Gasteiger partial charge in [0.1, 0.15) is 10.8 Å². The minimum absolute atomic E-state index is 0.108. The molecule has 0 bridgehead atoms. The fourth-order valence-corrected chi connectivity index (χ4v) is 20.3. The maximum Gasteiger partial charge on any atom is 0.269 e. The molecule has 10 heterocycles. The van der Waals surface area contributed by atoms with Gasteiger partial charge in [-0.1, -0.05) is 149 Å². The van der Waals surface area contributed by atoms with Crippen molar-refractivity contribution < 1.29 is 19.7 Å². The number of pyridine rings is 4. The fourth-order valence-electron chi connectivity index (χ4n) is 18.1. The van der Waals surface area contributed by atoms with Crippen molar-refractivity contribution in [3.63, 3.8) is 0 Å². The number of benzene rings is 3. The smallest absolute Gasteiger partial charge is 0.269 e. The molecule has 0 unspecified atom stereocenters. The lowest BCUT2D eigenvalue weighted by Crippen LogP contribution is -2.48. The average molecular weight is 1710 g/mol. The second kappa shape index (κ2) is 36.1. The van der Waals surface area contributed by atoms with Crippen LogP contribution in [0, 0.1) is 29.1 Å². The number of hydrogen-bond acceptors (Lipinski definition) is 25. The van der Waals surface area contributed by atoms with Gasteiger partial charge in [-0.15, -0.1) is 10.2 Å². The van der Waals surface area contributed by atoms with Crippen LogP contribution in [0.3, 0.4) is 0 Å². The summed E-state index contributed by atoms with van der Waals surface area (Å²) in [7, 11) is 0. The molecule has 3 aromatic carbocycles. The summed E-state index contributed by atoms with van der Waals surface area (Å²) in [6.07, 6.45) is 20.5. The number of halogens is 7. The van der Waals surface area contributed by atoms with Crippen molar-refractivity contribution in [2.24, 2.45) is 45.1 Å². The predicted molar refractivity (Wildman–Crippen MR) is 464 cm³/mol. The standard InChI is InChI=1S/C22H27Cl2N3O.C21H26Cl2N4O.C21H26ClN9OS.C18H22Cl2N4O/c1-14-12-17(15-4-2-5-16(23)20(15)24)26-18(13-28)21(14)27-10-8-22(9-11-27)7-3-6-19(22)25;22-14-4-1-3-13(19(14)23)16-11-15(24)20(17(12-28)26-16)27-9-7-21(8-10-27)6-2-5-18(21)25;1-11-2-4-21(15(11)23)5-8-31(9-6-21)18-14(19-30-27-10-32-19)28-20(17(25)29-18)33-12-3-7-26-16(24)13(12)22;1-18(22)5-7-24(8-6-18)17-13(21)9-14(23-15(17)10-25)11-3-2-4-12(19)16(11)20/h2,4-5,12,19,28H,3,6-11,13,25H2,1H3;1,3-4,11,18,28H,2,5-10,12,25H2,(H2,24,26);3,7,10-11,15H,2,4-6,8-9,23H2,1H3,(H2,24,26)(H2,25,29);2-4,9,25H,5-8,10,22H2,1H3,(H2,21,23)/t19-;18-;11-,15-;/m111./s1. The summed E-state index contributed by atoms with van der Waals surface area (Å²) < 4.78 is 5.49. The molecule has 7 fully saturated rings. The fraction of sp³-hybridized carbons (Fsp3) is 0.463. The normalized spacial score (nSPS) is 20.7. The number of aliphatic hydroxyl groups is 3. The van der Waals surface area contributed by atoms with Crippen LogP contribution in [-0.4, -0.2) is 131 Å². The molecule has 32 heteroatoms. The van der Waals surface area contributed by atoms with E-state index in [1.807, 2.05) is 42.5 Å². The van der Waals surface area contributed by atoms with Gasteiger partial charge in [0.05, 0.1) is 118 Å². The Morgan fingerprint density at radius 3 is 1.38 bits per heavy atom. The zero-order valence-electron chi connectivity index (χ0n) is 64.4. The lowest BCUT2D eigenvalue weighted by Gasteiger charge is -2.43. The van der Waals surface area contributed by atoms with E-state index in [0.717, 1.165) is 150 Å². The number of aliphatic hydroxyl groups excluding tert-OH is 3. The number of anilines is 8. The van der Waals surface area contributed by atoms with E-state index >= 15 is 0 Å². The molecule has 0 radical (unpaired) electrons. The summed E-state index contributed by atoms with van der Waals surface area (Å²) in [6, 6.07) is 24.5. The number of nitrogen functional groups attached to an aromatic ring is 4. The molecule has 608 valence electrons. The van der Waals surface area contributed by atoms with Crippen molar-refractivity contribution in [2.75, 3.05) is 94.9 Å². The van der Waals surface area contributed by atoms with Gasteiger partial charge in [-0.3, -0.25) is 0 Å². The number of hydrogen-bond donors (Lipinski definition) is 11. The Bertz CT molecular complexity index is 4760. The Balaban J connectivity index is 0.000000133. The van der Waals surface area contributed by atoms with Crippen LogP contribution in [0.1, 0.15) is 139 Å². The van der Waals surface area contributed by atoms with E-state index in [-0.39, 0.29) is 59.8 Å². The highest BCUT2D eigenvalue weighted by molar-refractivity contribution is 7.99. The summed E-state index contributed by atoms with van der Waals surface area (Å²) in [5.41, 5.74) is 62.5. The lowest BCUT2D eigenvalue weighted by molar-refractivity contribution is 0.186. The van der Waals surface area contributed by atoms with Gasteiger partial charge in [-0.2, -0.15) is 0 Å². The second-order valence-electron chi connectivity index (χ2n) is 31.9. The molecule has 4 saturated heterocycles. The zero-order valence-corrected chi connectivity index (χ0v) is 70.5. The van der Waals surface area contributed by atoms with Crippen LogP contribution in [-0.2, 0) is 19.8 Å². The topological polar surface area (TPSA) is 398 Å². The van der Waals surface area contributed by atoms with Crippen molar-refractivity contribution in [1.29, 1.82) is 0 Å². The van der Waals surface area contributed by atoms with E-state index < -0.39 is 0 Å². The molecule has 6 aromatic heterocycles. The Morgan fingerprint density at radius 1 is 0.509 bits per heavy atom. The van der Waals surface area contributed by atoms with Crippen molar-refractivity contribution in [3.05, 3.63) is 149 Å². The van der Waals surface area contributed by atoms with Crippen LogP contribution in [0.25, 0.3) is 45.4 Å². The van der Waals surface area contributed by atoms with E-state index in [9.17, 15) is 15.3 Å². The number of piperidine rings is 4. The molecule has 3 saturated carbocycles. The van der Waals surface area contributed by atoms with Crippen molar-refractivity contribution >= 4 is 139 Å². The number of nitrogens with zero attached hydrogens (tertiary/aromatic N) is 12. The molecule has 7 aliphatic rings. The summed E-state index contributed by atoms with van der Waals surface area (Å²) in [5, 5.41) is 41.3. The molecule has 16 rings (SSSR count). The van der Waals surface area contributed by atoms with Crippen molar-refractivity contribution in [2.45, 2.75) is 177 Å². The maximum atomic E-state index is 10.0. The van der Waals surface area contributed by atoms with Crippen LogP contribution in [0.4, 0.5) is 45.9 Å². The van der Waals surface area contributed by atoms with E-state index in [4.69, 9.17) is 146 Å². The predicted octanol–water partition coefficient (Wildman–Crippen LogP) is 15.9. The van der Waals surface area contributed by atoms with Crippen LogP contribution >= 0.6 is 93.0 Å². The van der Waals surface area contributed by atoms with Crippen LogP contribution < -0.4 is 65.5 Å². The Morgan fingerprint density at radius 2 is 0.947 bits per heavy atom. The Hall–Kier alpha value is -7.02. The monoisotopic (exact) mass is 1710 g/mol. The summed E-state index contributed by atoms with van der Waals surface area (Å²) in [4.78, 5) is 37.1. The number of aryl methyl sites for hydroxylation is 1. The van der Waals surface area contributed by atoms with Crippen molar-refractivity contribution in [1.82, 2.24) is 40.1 Å². The molecule has 4 aliphatic heterocycles. The van der Waals surface area contributed by atoms with Gasteiger partial charge in [-0.25, -0.2) is 29.9 Å². The first-order valence-electron chi connectivity index (χ1n) is 38.9. The number of aromatic nitrogens is 8. The molecular weight excluding hydrogens is 1610 g/mol.